The van der Waals surface area contributed by atoms with E-state index in [1.807, 2.05) is 0 Å². The van der Waals surface area contributed by atoms with E-state index in [2.05, 4.69) is 0 Å². The average Bonchev–Trinajstić information content (AvgIpc) is 2.68. The van der Waals surface area contributed by atoms with Crippen molar-refractivity contribution in [3.8, 4) is 0 Å². The second-order valence-electron chi connectivity index (χ2n) is 2.71. The third-order valence-electron chi connectivity index (χ3n) is 1.58. The Morgan fingerprint density at radius 3 is 2.53 bits per heavy atom. The minimum absolute atomic E-state index is 0.347. The molecule has 0 aromatic carbocycles. The maximum absolute atomic E-state index is 11.9. The van der Waals surface area contributed by atoms with Crippen LogP contribution in [-0.4, -0.2) is 13.2 Å². The second-order valence-corrected chi connectivity index (χ2v) is 4.60. The quantitative estimate of drug-likeness (QED) is 0.701. The Kier molecular flexibility index (Phi) is 4.82. The van der Waals surface area contributed by atoms with Crippen molar-refractivity contribution in [1.29, 1.82) is 0 Å². The van der Waals surface area contributed by atoms with Crippen LogP contribution in [-0.2, 0) is 13.6 Å². The van der Waals surface area contributed by atoms with Crippen molar-refractivity contribution in [2.75, 3.05) is 13.2 Å². The van der Waals surface area contributed by atoms with Gasteiger partial charge in [0.2, 0.25) is 0 Å². The van der Waals surface area contributed by atoms with E-state index in [9.17, 15) is 4.57 Å². The van der Waals surface area contributed by atoms with Crippen LogP contribution in [0.4, 0.5) is 0 Å². The van der Waals surface area contributed by atoms with Gasteiger partial charge in [0.1, 0.15) is 5.76 Å². The van der Waals surface area contributed by atoms with Crippen LogP contribution in [0.15, 0.2) is 28.6 Å². The van der Waals surface area contributed by atoms with Crippen LogP contribution in [0.1, 0.15) is 19.6 Å². The second kappa shape index (κ2) is 5.91. The molecule has 4 nitrogen and oxygen atoms in total. The van der Waals surface area contributed by atoms with E-state index in [-0.39, 0.29) is 0 Å². The summed E-state index contributed by atoms with van der Waals surface area (Å²) in [5.41, 5.74) is 0. The Bertz CT molecular complexity index is 332. The van der Waals surface area contributed by atoms with E-state index in [4.69, 9.17) is 13.5 Å². The van der Waals surface area contributed by atoms with E-state index in [1.54, 1.807) is 38.3 Å². The molecule has 1 rings (SSSR count). The maximum Gasteiger partial charge on any atom is 0.354 e. The molecule has 0 spiro atoms. The normalized spacial score (nSPS) is 12.4. The molecule has 84 valence electrons. The van der Waals surface area contributed by atoms with E-state index >= 15 is 0 Å². The molecule has 1 heterocycles. The van der Waals surface area contributed by atoms with Crippen molar-refractivity contribution >= 4 is 13.7 Å². The summed E-state index contributed by atoms with van der Waals surface area (Å²) in [6, 6.07) is 3.52. The summed E-state index contributed by atoms with van der Waals surface area (Å²) < 4.78 is 27.1. The molecule has 0 saturated carbocycles. The fraction of sp³-hybridized carbons (Fsp3) is 0.400. The molecule has 0 atom stereocenters. The van der Waals surface area contributed by atoms with Gasteiger partial charge in [-0.15, -0.1) is 0 Å². The number of rotatable bonds is 6. The number of hydrogen-bond acceptors (Lipinski definition) is 4. The predicted octanol–water partition coefficient (Wildman–Crippen LogP) is 3.52. The lowest BCUT2D eigenvalue weighted by molar-refractivity contribution is 0.229. The number of furan rings is 1. The van der Waals surface area contributed by atoms with Crippen LogP contribution >= 0.6 is 7.60 Å². The lowest BCUT2D eigenvalue weighted by Crippen LogP contribution is -1.92. The molecule has 1 aromatic heterocycles. The standard InChI is InChI=1S/C10H15O4P/c1-3-13-15(11,14-4-2)9-7-10-6-5-8-12-10/h5-9H,3-4H2,1-2H3/b9-7+. The van der Waals surface area contributed by atoms with Gasteiger partial charge in [0.15, 0.2) is 0 Å². The van der Waals surface area contributed by atoms with E-state index in [0.717, 1.165) is 0 Å². The Morgan fingerprint density at radius 2 is 2.07 bits per heavy atom. The van der Waals surface area contributed by atoms with Gasteiger partial charge in [-0.1, -0.05) is 0 Å². The van der Waals surface area contributed by atoms with Crippen molar-refractivity contribution in [2.24, 2.45) is 0 Å². The molecule has 0 unspecified atom stereocenters. The van der Waals surface area contributed by atoms with E-state index < -0.39 is 7.60 Å². The molecule has 1 aromatic rings. The van der Waals surface area contributed by atoms with Gasteiger partial charge in [-0.2, -0.15) is 0 Å². The zero-order valence-corrected chi connectivity index (χ0v) is 9.78. The van der Waals surface area contributed by atoms with Crippen LogP contribution < -0.4 is 0 Å². The first-order valence-corrected chi connectivity index (χ1v) is 6.43. The molecule has 0 fully saturated rings. The molecule has 0 aliphatic rings. The maximum atomic E-state index is 11.9. The molecule has 0 saturated heterocycles. The zero-order chi connectivity index (χ0) is 11.1. The highest BCUT2D eigenvalue weighted by molar-refractivity contribution is 7.57. The predicted molar refractivity (Wildman–Crippen MR) is 58.6 cm³/mol. The van der Waals surface area contributed by atoms with Gasteiger partial charge in [-0.25, -0.2) is 0 Å². The first-order valence-electron chi connectivity index (χ1n) is 4.81. The summed E-state index contributed by atoms with van der Waals surface area (Å²) in [5, 5.41) is 0. The van der Waals surface area contributed by atoms with Crippen molar-refractivity contribution in [3.05, 3.63) is 30.0 Å². The monoisotopic (exact) mass is 230 g/mol. The molecule has 15 heavy (non-hydrogen) atoms. The van der Waals surface area contributed by atoms with Crippen molar-refractivity contribution in [3.63, 3.8) is 0 Å². The van der Waals surface area contributed by atoms with Gasteiger partial charge in [-0.05, 0) is 32.1 Å². The molecule has 0 N–H and O–H groups in total. The Balaban J connectivity index is 2.70. The fourth-order valence-corrected chi connectivity index (χ4v) is 2.33. The first-order chi connectivity index (χ1) is 7.20. The highest BCUT2D eigenvalue weighted by Gasteiger charge is 2.18. The highest BCUT2D eigenvalue weighted by atomic mass is 31.2. The molecule has 0 aliphatic heterocycles. The Labute approximate surface area is 89.4 Å². The third kappa shape index (κ3) is 4.04. The van der Waals surface area contributed by atoms with Gasteiger partial charge in [-0.3, -0.25) is 4.57 Å². The summed E-state index contributed by atoms with van der Waals surface area (Å²) in [6.45, 7) is 4.23. The van der Waals surface area contributed by atoms with Gasteiger partial charge in [0.25, 0.3) is 0 Å². The van der Waals surface area contributed by atoms with Crippen molar-refractivity contribution in [1.82, 2.24) is 0 Å². The summed E-state index contributed by atoms with van der Waals surface area (Å²) in [5.74, 6) is 2.04. The Hall–Kier alpha value is -0.830. The zero-order valence-electron chi connectivity index (χ0n) is 8.88. The van der Waals surface area contributed by atoms with Gasteiger partial charge in [0.05, 0.1) is 19.5 Å². The largest absolute Gasteiger partial charge is 0.465 e. The molecule has 0 aliphatic carbocycles. The van der Waals surface area contributed by atoms with Crippen molar-refractivity contribution < 1.29 is 18.0 Å². The van der Waals surface area contributed by atoms with Crippen LogP contribution in [0.5, 0.6) is 0 Å². The summed E-state index contributed by atoms with van der Waals surface area (Å²) in [6.07, 6.45) is 3.14. The molecule has 5 heteroatoms. The van der Waals surface area contributed by atoms with Crippen molar-refractivity contribution in [2.45, 2.75) is 13.8 Å². The highest BCUT2D eigenvalue weighted by Crippen LogP contribution is 2.49. The van der Waals surface area contributed by atoms with Crippen LogP contribution in [0.25, 0.3) is 6.08 Å². The molecular formula is C10H15O4P. The van der Waals surface area contributed by atoms with Crippen LogP contribution in [0, 0.1) is 0 Å². The Morgan fingerprint density at radius 1 is 1.40 bits per heavy atom. The van der Waals surface area contributed by atoms with Gasteiger partial charge >= 0.3 is 7.60 Å². The lowest BCUT2D eigenvalue weighted by atomic mass is 10.5. The summed E-state index contributed by atoms with van der Waals surface area (Å²) in [4.78, 5) is 0. The average molecular weight is 230 g/mol. The van der Waals surface area contributed by atoms with Crippen LogP contribution in [0.3, 0.4) is 0 Å². The minimum atomic E-state index is -3.10. The number of hydrogen-bond donors (Lipinski definition) is 0. The minimum Gasteiger partial charge on any atom is -0.465 e. The molecular weight excluding hydrogens is 215 g/mol. The molecule has 0 bridgehead atoms. The third-order valence-corrected chi connectivity index (χ3v) is 3.33. The first kappa shape index (κ1) is 12.2. The van der Waals surface area contributed by atoms with E-state index in [1.165, 1.54) is 5.82 Å². The fourth-order valence-electron chi connectivity index (χ4n) is 1.03. The van der Waals surface area contributed by atoms with Gasteiger partial charge in [0, 0.05) is 5.82 Å². The topological polar surface area (TPSA) is 48.7 Å². The summed E-state index contributed by atoms with van der Waals surface area (Å²) >= 11 is 0. The SMILES string of the molecule is CCOP(=O)(/C=C/c1ccco1)OCC. The van der Waals surface area contributed by atoms with E-state index in [0.29, 0.717) is 19.0 Å². The molecule has 0 radical (unpaired) electrons. The summed E-state index contributed by atoms with van der Waals surface area (Å²) in [7, 11) is -3.10. The lowest BCUT2D eigenvalue weighted by Gasteiger charge is -2.11. The van der Waals surface area contributed by atoms with Gasteiger partial charge < -0.3 is 13.5 Å². The molecule has 0 amide bonds. The van der Waals surface area contributed by atoms with Crippen LogP contribution in [0.2, 0.25) is 0 Å². The smallest absolute Gasteiger partial charge is 0.354 e.